The van der Waals surface area contributed by atoms with Gasteiger partial charge in [-0.05, 0) is 73.6 Å². The predicted octanol–water partition coefficient (Wildman–Crippen LogP) is 13.5. The highest BCUT2D eigenvalue weighted by molar-refractivity contribution is 5.62. The molecule has 5 rings (SSSR count). The van der Waals surface area contributed by atoms with Crippen LogP contribution >= 0.6 is 0 Å². The Balaban J connectivity index is 1.98. The van der Waals surface area contributed by atoms with E-state index in [1.165, 1.54) is 24.3 Å². The van der Waals surface area contributed by atoms with E-state index in [2.05, 4.69) is 55.4 Å². The normalized spacial score (nSPS) is 19.7. The third-order valence-corrected chi connectivity index (χ3v) is 13.4. The van der Waals surface area contributed by atoms with E-state index >= 15 is 0 Å². The third-order valence-electron chi connectivity index (χ3n) is 13.4. The van der Waals surface area contributed by atoms with Gasteiger partial charge in [0, 0.05) is 92.4 Å². The molecule has 60 heavy (non-hydrogen) atoms. The average molecular weight is 825 g/mol. The first kappa shape index (κ1) is 46.3. The molecule has 0 aromatic heterocycles. The van der Waals surface area contributed by atoms with Gasteiger partial charge >= 0.3 is 0 Å². The molecule has 0 aliphatic heterocycles. The topological polar surface area (TPSA) is 162 Å². The Bertz CT molecular complexity index is 1680. The van der Waals surface area contributed by atoms with Crippen molar-refractivity contribution in [1.29, 1.82) is 0 Å². The molecule has 328 valence electrons. The Morgan fingerprint density at radius 2 is 0.450 bits per heavy atom. The van der Waals surface area contributed by atoms with Crippen LogP contribution < -0.4 is 0 Å². The molecule has 0 amide bonds. The summed E-state index contributed by atoms with van der Waals surface area (Å²) >= 11 is 0. The third kappa shape index (κ3) is 10.2. The molecule has 0 fully saturated rings. The van der Waals surface area contributed by atoms with Gasteiger partial charge in [-0.3, -0.25) is 0 Å². The fraction of sp³-hybridized carbons (Fsp3) is 0.538. The van der Waals surface area contributed by atoms with Crippen molar-refractivity contribution in [2.75, 3.05) is 0 Å². The lowest BCUT2D eigenvalue weighted by atomic mass is 9.74. The van der Waals surface area contributed by atoms with Crippen LogP contribution in [0, 0.1) is 23.7 Å². The van der Waals surface area contributed by atoms with Crippen molar-refractivity contribution in [3.63, 3.8) is 0 Å². The summed E-state index contributed by atoms with van der Waals surface area (Å²) in [4.78, 5) is 0. The largest absolute Gasteiger partial charge is 0.508 e. The highest BCUT2D eigenvalue weighted by atomic mass is 16.3. The first-order chi connectivity index (χ1) is 28.5. The van der Waals surface area contributed by atoms with Crippen molar-refractivity contribution in [1.82, 2.24) is 0 Å². The molecular weight excluding hydrogens is 753 g/mol. The van der Waals surface area contributed by atoms with Gasteiger partial charge in [0.15, 0.2) is 0 Å². The van der Waals surface area contributed by atoms with Crippen molar-refractivity contribution >= 4 is 0 Å². The van der Waals surface area contributed by atoms with Crippen LogP contribution in [-0.4, -0.2) is 40.9 Å². The van der Waals surface area contributed by atoms with Crippen LogP contribution in [0.15, 0.2) is 48.5 Å². The number of hydrogen-bond donors (Lipinski definition) is 8. The number of rotatable bonds is 16. The lowest BCUT2D eigenvalue weighted by molar-refractivity contribution is 0.397. The maximum Gasteiger partial charge on any atom is 0.123 e. The number of benzene rings is 4. The zero-order valence-electron chi connectivity index (χ0n) is 37.3. The summed E-state index contributed by atoms with van der Waals surface area (Å²) in [7, 11) is 0. The van der Waals surface area contributed by atoms with E-state index in [4.69, 9.17) is 0 Å². The van der Waals surface area contributed by atoms with Gasteiger partial charge in [-0.1, -0.05) is 107 Å². The molecule has 4 atom stereocenters. The monoisotopic (exact) mass is 825 g/mol. The smallest absolute Gasteiger partial charge is 0.123 e. The Hall–Kier alpha value is -4.72. The Labute approximate surface area is 358 Å². The highest BCUT2D eigenvalue weighted by Crippen LogP contribution is 2.53. The molecule has 1 aliphatic rings. The van der Waals surface area contributed by atoms with Gasteiger partial charge < -0.3 is 40.9 Å². The van der Waals surface area contributed by atoms with E-state index in [0.717, 1.165) is 51.4 Å². The SMILES string of the molecule is CCC[C@H](C)CC1c2cc(c(O)cc2O)C(C[C@@H](C)CCC)c2cc(c(O)cc2O)C(C[C@@H](C)CCC)c2cc(c(O)cc2O)C(C[C@@H](C)CCC)c2cc1c(O)cc2O. The van der Waals surface area contributed by atoms with Crippen molar-refractivity contribution in [3.8, 4) is 46.0 Å². The molecule has 8 bridgehead atoms. The quantitative estimate of drug-likeness (QED) is 0.0554. The second-order valence-corrected chi connectivity index (χ2v) is 18.6. The van der Waals surface area contributed by atoms with E-state index in [0.29, 0.717) is 70.2 Å². The minimum atomic E-state index is -0.571. The van der Waals surface area contributed by atoms with E-state index < -0.39 is 23.7 Å². The summed E-state index contributed by atoms with van der Waals surface area (Å²) in [5.41, 5.74) is 4.06. The van der Waals surface area contributed by atoms with Crippen LogP contribution in [0.3, 0.4) is 0 Å². The fourth-order valence-corrected chi connectivity index (χ4v) is 10.4. The van der Waals surface area contributed by atoms with Gasteiger partial charge in [-0.15, -0.1) is 0 Å². The first-order valence-corrected chi connectivity index (χ1v) is 22.8. The summed E-state index contributed by atoms with van der Waals surface area (Å²) in [6, 6.07) is 12.8. The van der Waals surface area contributed by atoms with Crippen LogP contribution in [0.1, 0.15) is 201 Å². The summed E-state index contributed by atoms with van der Waals surface area (Å²) in [6.45, 7) is 17.1. The number of phenolic OH excluding ortho intramolecular Hbond substituents is 8. The molecule has 4 aromatic carbocycles. The maximum absolute atomic E-state index is 11.8. The molecule has 0 saturated carbocycles. The number of aromatic hydroxyl groups is 8. The molecule has 0 unspecified atom stereocenters. The summed E-state index contributed by atoms with van der Waals surface area (Å²) in [5.74, 6) is -2.66. The van der Waals surface area contributed by atoms with E-state index in [1.807, 2.05) is 24.3 Å². The molecule has 8 nitrogen and oxygen atoms in total. The van der Waals surface area contributed by atoms with Gasteiger partial charge in [0.1, 0.15) is 46.0 Å². The van der Waals surface area contributed by atoms with Crippen molar-refractivity contribution in [3.05, 3.63) is 93.0 Å². The average Bonchev–Trinajstić information content (AvgIpc) is 3.16. The van der Waals surface area contributed by atoms with Crippen LogP contribution in [0.2, 0.25) is 0 Å². The van der Waals surface area contributed by atoms with Gasteiger partial charge in [-0.25, -0.2) is 0 Å². The zero-order valence-corrected chi connectivity index (χ0v) is 37.3. The maximum atomic E-state index is 11.8. The van der Waals surface area contributed by atoms with E-state index in [1.54, 1.807) is 0 Å². The lowest BCUT2D eigenvalue weighted by Gasteiger charge is -2.31. The van der Waals surface area contributed by atoms with Gasteiger partial charge in [0.05, 0.1) is 0 Å². The Morgan fingerprint density at radius 1 is 0.300 bits per heavy atom. The molecule has 8 N–H and O–H groups in total. The highest BCUT2D eigenvalue weighted by Gasteiger charge is 2.34. The number of fused-ring (bicyclic) bond motifs is 8. The summed E-state index contributed by atoms with van der Waals surface area (Å²) in [5, 5.41) is 94.6. The minimum absolute atomic E-state index is 0.130. The molecule has 0 heterocycles. The van der Waals surface area contributed by atoms with Crippen molar-refractivity contribution in [2.45, 2.75) is 156 Å². The fourth-order valence-electron chi connectivity index (χ4n) is 10.4. The molecule has 8 heteroatoms. The lowest BCUT2D eigenvalue weighted by Crippen LogP contribution is -2.15. The molecule has 0 saturated heterocycles. The Kier molecular flexibility index (Phi) is 15.6. The van der Waals surface area contributed by atoms with E-state index in [9.17, 15) is 40.9 Å². The number of phenols is 8. The van der Waals surface area contributed by atoms with Crippen molar-refractivity contribution in [2.24, 2.45) is 23.7 Å². The molecule has 0 spiro atoms. The summed E-state index contributed by atoms with van der Waals surface area (Å²) < 4.78 is 0. The molecule has 0 radical (unpaired) electrons. The summed E-state index contributed by atoms with van der Waals surface area (Å²) in [6.07, 6.45) is 9.49. The molecule has 1 aliphatic carbocycles. The van der Waals surface area contributed by atoms with Crippen LogP contribution in [-0.2, 0) is 0 Å². The van der Waals surface area contributed by atoms with Gasteiger partial charge in [-0.2, -0.15) is 0 Å². The zero-order chi connectivity index (χ0) is 44.0. The van der Waals surface area contributed by atoms with Crippen LogP contribution in [0.4, 0.5) is 0 Å². The van der Waals surface area contributed by atoms with Gasteiger partial charge in [0.2, 0.25) is 0 Å². The Morgan fingerprint density at radius 3 is 0.583 bits per heavy atom. The standard InChI is InChI=1S/C52H72O8/c1-9-13-29(5)17-33-37-21-39(47(55)25-45(37)53)34(18-30(6)14-10-2)41-23-43(51(59)27-49(41)57)36(20-32(8)16-12-4)44-24-42(50(58)28-52(44)60)35(19-31(7)15-11-3)40-22-38(33)46(54)26-48(40)56/h21-36,53-60H,9-20H2,1-8H3/t29-,30-,31-,32-,33?,34?,35?,36?/m0/s1. The second kappa shape index (κ2) is 20.2. The second-order valence-electron chi connectivity index (χ2n) is 18.6. The predicted molar refractivity (Wildman–Crippen MR) is 241 cm³/mol. The first-order valence-electron chi connectivity index (χ1n) is 22.8. The van der Waals surface area contributed by atoms with Gasteiger partial charge in [0.25, 0.3) is 0 Å². The van der Waals surface area contributed by atoms with Crippen molar-refractivity contribution < 1.29 is 40.9 Å². The number of hydrogen-bond acceptors (Lipinski definition) is 8. The molecule has 4 aromatic rings. The van der Waals surface area contributed by atoms with E-state index in [-0.39, 0.29) is 69.7 Å². The molecular formula is C52H72O8. The minimum Gasteiger partial charge on any atom is -0.508 e. The van der Waals surface area contributed by atoms with Crippen LogP contribution in [0.5, 0.6) is 46.0 Å². The van der Waals surface area contributed by atoms with Crippen LogP contribution in [0.25, 0.3) is 0 Å².